The van der Waals surface area contributed by atoms with Crippen molar-refractivity contribution in [3.63, 3.8) is 0 Å². The van der Waals surface area contributed by atoms with Crippen molar-refractivity contribution in [3.05, 3.63) is 47.5 Å². The molecule has 8 aliphatic carbocycles. The van der Waals surface area contributed by atoms with Crippen molar-refractivity contribution in [2.75, 3.05) is 13.2 Å². The third-order valence-corrected chi connectivity index (χ3v) is 13.2. The van der Waals surface area contributed by atoms with Crippen LogP contribution in [0, 0.1) is 49.4 Å². The summed E-state index contributed by atoms with van der Waals surface area (Å²) in [6.07, 6.45) is 8.55. The molecular formula is C40H50N2O8. The molecule has 2 aliphatic heterocycles. The Kier molecular flexibility index (Phi) is 7.81. The van der Waals surface area contributed by atoms with Gasteiger partial charge in [-0.05, 0) is 149 Å². The second-order valence-corrected chi connectivity index (χ2v) is 17.2. The standard InChI is InChI=1S/2C20H25NO4/c1-11-2-3-15-16(4-11)24-10-17(25-15)19(22)21-18-13-5-12-6-14(18)9-20(23,7-12)8-13;1-11-2-3-15-16(4-11)25-17(10-24-15)19(22)21-18-13-5-12-6-14(18)9-20(23,7-12)8-13/h2*2-4,12-14,17-18,23H,5-10H2,1H3,(H,21,22)/t2*12?,13-,14+,17?,18?,20?. The van der Waals surface area contributed by atoms with Gasteiger partial charge in [0.1, 0.15) is 13.2 Å². The van der Waals surface area contributed by atoms with Crippen molar-refractivity contribution in [3.8, 4) is 23.0 Å². The number of benzene rings is 2. The number of fused-ring (bicyclic) bond motifs is 2. The monoisotopic (exact) mass is 686 g/mol. The molecule has 8 bridgehead atoms. The van der Waals surface area contributed by atoms with Crippen molar-refractivity contribution >= 4 is 11.8 Å². The summed E-state index contributed by atoms with van der Waals surface area (Å²) in [6.45, 7) is 4.49. The van der Waals surface area contributed by atoms with E-state index in [0.717, 1.165) is 75.3 Å². The van der Waals surface area contributed by atoms with Crippen molar-refractivity contribution < 1.29 is 38.7 Å². The van der Waals surface area contributed by atoms with Crippen LogP contribution in [0.2, 0.25) is 0 Å². The summed E-state index contributed by atoms with van der Waals surface area (Å²) < 4.78 is 23.2. The summed E-state index contributed by atoms with van der Waals surface area (Å²) in [7, 11) is 0. The average Bonchev–Trinajstić information content (AvgIpc) is 3.06. The van der Waals surface area contributed by atoms with E-state index in [1.807, 2.05) is 50.2 Å². The Bertz CT molecular complexity index is 1650. The van der Waals surface area contributed by atoms with Crippen LogP contribution < -0.4 is 29.6 Å². The molecular weight excluding hydrogens is 636 g/mol. The highest BCUT2D eigenvalue weighted by atomic mass is 16.6. The predicted octanol–water partition coefficient (Wildman–Crippen LogP) is 4.38. The first-order valence-corrected chi connectivity index (χ1v) is 18.8. The van der Waals surface area contributed by atoms with Crippen molar-refractivity contribution in [1.82, 2.24) is 10.6 Å². The SMILES string of the molecule is Cc1ccc2c(c1)OC(C(=O)NC1[C@@H]3CC4C[C@H]1CC(O)(C4)C3)CO2.Cc1ccc2c(c1)OCC(C(=O)NC1[C@@H]3CC4C[C@H]1CC(O)(C4)C3)O2. The number of carbonyl (C=O) groups excluding carboxylic acids is 2. The van der Waals surface area contributed by atoms with Crippen molar-refractivity contribution in [1.29, 1.82) is 0 Å². The largest absolute Gasteiger partial charge is 0.485 e. The number of hydrogen-bond acceptors (Lipinski definition) is 8. The third kappa shape index (κ3) is 6.00. The van der Waals surface area contributed by atoms with Crippen LogP contribution >= 0.6 is 0 Å². The van der Waals surface area contributed by atoms with Crippen LogP contribution in [0.1, 0.15) is 75.3 Å². The summed E-state index contributed by atoms with van der Waals surface area (Å²) in [5, 5.41) is 27.8. The topological polar surface area (TPSA) is 136 Å². The number of aryl methyl sites for hydroxylation is 2. The van der Waals surface area contributed by atoms with Gasteiger partial charge in [0, 0.05) is 12.1 Å². The van der Waals surface area contributed by atoms with Gasteiger partial charge in [-0.25, -0.2) is 0 Å². The zero-order chi connectivity index (χ0) is 34.4. The summed E-state index contributed by atoms with van der Waals surface area (Å²) >= 11 is 0. The van der Waals surface area contributed by atoms with Crippen LogP contribution in [-0.4, -0.2) is 70.7 Å². The summed E-state index contributed by atoms with van der Waals surface area (Å²) in [5.74, 6) is 5.40. The molecule has 0 saturated heterocycles. The number of carbonyl (C=O) groups is 2. The average molecular weight is 687 g/mol. The number of rotatable bonds is 4. The minimum atomic E-state index is -0.602. The number of aliphatic hydroxyl groups is 2. The molecule has 0 radical (unpaired) electrons. The third-order valence-electron chi connectivity index (χ3n) is 13.2. The fourth-order valence-electron chi connectivity index (χ4n) is 11.6. The smallest absolute Gasteiger partial charge is 0.264 e. The molecule has 50 heavy (non-hydrogen) atoms. The van der Waals surface area contributed by atoms with Gasteiger partial charge in [-0.2, -0.15) is 0 Å². The quantitative estimate of drug-likeness (QED) is 0.373. The fourth-order valence-corrected chi connectivity index (χ4v) is 11.6. The summed E-state index contributed by atoms with van der Waals surface area (Å²) in [6, 6.07) is 11.9. The molecule has 10 aliphatic rings. The number of hydrogen-bond donors (Lipinski definition) is 4. The van der Waals surface area contributed by atoms with Crippen LogP contribution in [0.5, 0.6) is 23.0 Å². The van der Waals surface area contributed by atoms with Crippen LogP contribution in [0.15, 0.2) is 36.4 Å². The Morgan fingerprint density at radius 1 is 0.600 bits per heavy atom. The Balaban J connectivity index is 0.000000135. The van der Waals surface area contributed by atoms with Crippen LogP contribution in [0.3, 0.4) is 0 Å². The molecule has 12 atom stereocenters. The molecule has 2 heterocycles. The second kappa shape index (κ2) is 12.0. The lowest BCUT2D eigenvalue weighted by molar-refractivity contribution is -0.150. The van der Waals surface area contributed by atoms with Gasteiger partial charge >= 0.3 is 0 Å². The van der Waals surface area contributed by atoms with Crippen LogP contribution in [0.4, 0.5) is 0 Å². The molecule has 0 aromatic heterocycles. The molecule has 10 heteroatoms. The first-order chi connectivity index (χ1) is 24.0. The van der Waals surface area contributed by atoms with Crippen molar-refractivity contribution in [2.45, 2.75) is 114 Å². The normalized spacial score (nSPS) is 40.8. The summed E-state index contributed by atoms with van der Waals surface area (Å²) in [4.78, 5) is 25.6. The van der Waals surface area contributed by atoms with Gasteiger partial charge in [-0.15, -0.1) is 0 Å². The first kappa shape index (κ1) is 32.4. The summed E-state index contributed by atoms with van der Waals surface area (Å²) in [5.41, 5.74) is 1.24. The molecule has 2 aromatic rings. The minimum Gasteiger partial charge on any atom is -0.485 e. The molecule has 8 unspecified atom stereocenters. The minimum absolute atomic E-state index is 0.0865. The van der Waals surface area contributed by atoms with Gasteiger partial charge in [0.15, 0.2) is 23.0 Å². The van der Waals surface area contributed by atoms with Gasteiger partial charge in [-0.1, -0.05) is 12.1 Å². The maximum absolute atomic E-state index is 12.8. The van der Waals surface area contributed by atoms with E-state index in [0.29, 0.717) is 58.5 Å². The highest BCUT2D eigenvalue weighted by Crippen LogP contribution is 2.57. The zero-order valence-electron chi connectivity index (χ0n) is 29.1. The molecule has 2 amide bonds. The lowest BCUT2D eigenvalue weighted by Gasteiger charge is -2.58. The van der Waals surface area contributed by atoms with E-state index in [-0.39, 0.29) is 37.1 Å². The van der Waals surface area contributed by atoms with E-state index in [1.165, 1.54) is 0 Å². The Hall–Kier alpha value is -3.50. The van der Waals surface area contributed by atoms with Gasteiger partial charge in [0.05, 0.1) is 11.2 Å². The predicted molar refractivity (Wildman–Crippen MR) is 183 cm³/mol. The Morgan fingerprint density at radius 2 is 1.02 bits per heavy atom. The van der Waals surface area contributed by atoms with Gasteiger partial charge in [0.2, 0.25) is 12.2 Å². The highest BCUT2D eigenvalue weighted by molar-refractivity contribution is 5.82. The van der Waals surface area contributed by atoms with Gasteiger partial charge < -0.3 is 39.8 Å². The molecule has 8 saturated carbocycles. The van der Waals surface area contributed by atoms with E-state index in [4.69, 9.17) is 18.9 Å². The van der Waals surface area contributed by atoms with E-state index < -0.39 is 23.4 Å². The van der Waals surface area contributed by atoms with Gasteiger partial charge in [-0.3, -0.25) is 9.59 Å². The molecule has 4 N–H and O–H groups in total. The lowest BCUT2D eigenvalue weighted by atomic mass is 9.52. The second-order valence-electron chi connectivity index (χ2n) is 17.2. The molecule has 2 aromatic carbocycles. The van der Waals surface area contributed by atoms with E-state index >= 15 is 0 Å². The van der Waals surface area contributed by atoms with E-state index in [2.05, 4.69) is 10.6 Å². The molecule has 10 nitrogen and oxygen atoms in total. The molecule has 12 rings (SSSR count). The maximum atomic E-state index is 12.8. The van der Waals surface area contributed by atoms with E-state index in [9.17, 15) is 19.8 Å². The Morgan fingerprint density at radius 3 is 1.50 bits per heavy atom. The maximum Gasteiger partial charge on any atom is 0.264 e. The van der Waals surface area contributed by atoms with E-state index in [1.54, 1.807) is 0 Å². The van der Waals surface area contributed by atoms with Gasteiger partial charge in [0.25, 0.3) is 11.8 Å². The number of amides is 2. The number of ether oxygens (including phenoxy) is 4. The zero-order valence-corrected chi connectivity index (χ0v) is 29.1. The molecule has 8 fully saturated rings. The molecule has 0 spiro atoms. The van der Waals surface area contributed by atoms with Crippen LogP contribution in [0.25, 0.3) is 0 Å². The van der Waals surface area contributed by atoms with Crippen LogP contribution in [-0.2, 0) is 9.59 Å². The molecule has 268 valence electrons. The number of nitrogens with one attached hydrogen (secondary N) is 2. The van der Waals surface area contributed by atoms with Crippen molar-refractivity contribution in [2.24, 2.45) is 35.5 Å². The Labute approximate surface area is 293 Å². The fraction of sp³-hybridized carbons (Fsp3) is 0.650. The first-order valence-electron chi connectivity index (χ1n) is 18.8. The lowest BCUT2D eigenvalue weighted by Crippen LogP contribution is -2.63. The highest BCUT2D eigenvalue weighted by Gasteiger charge is 2.56.